The van der Waals surface area contributed by atoms with Crippen LogP contribution in [0.2, 0.25) is 0 Å². The summed E-state index contributed by atoms with van der Waals surface area (Å²) in [4.78, 5) is 9.93. The number of hydrogen-bond acceptors (Lipinski definition) is 4. The Bertz CT molecular complexity index is 4180. The number of anilines is 11. The van der Waals surface area contributed by atoms with E-state index in [1.165, 1.54) is 95.6 Å². The molecule has 418 valence electrons. The van der Waals surface area contributed by atoms with Gasteiger partial charge < -0.3 is 19.6 Å². The van der Waals surface area contributed by atoms with Gasteiger partial charge >= 0.3 is 0 Å². The summed E-state index contributed by atoms with van der Waals surface area (Å²) in [6, 6.07) is 92.2. The van der Waals surface area contributed by atoms with Crippen molar-refractivity contribution < 1.29 is 0 Å². The highest BCUT2D eigenvalue weighted by atomic mass is 15.2. The van der Waals surface area contributed by atoms with Crippen LogP contribution in [-0.2, 0) is 5.41 Å². The number of allylic oxidation sites excluding steroid dienone is 3. The van der Waals surface area contributed by atoms with Crippen molar-refractivity contribution in [1.82, 2.24) is 0 Å². The lowest BCUT2D eigenvalue weighted by Crippen LogP contribution is -2.27. The SMILES string of the molecule is Cc1cccc(N(C2=CC3(C)CC3C=C2)c2ccc3c(c2)C2(c4cc(N(c5cccc(C)c5)c5cccc(C)c5)ccc4-3)c3cc(N(c4cccc(C)c4)c4cccc(C)c4)ccc3-c3ccc(N(c4cccc(C)c4)c4cccc(C)c4)cc32)c1. The second-order valence-electron chi connectivity index (χ2n) is 25.1. The Labute approximate surface area is 507 Å². The fourth-order valence-electron chi connectivity index (χ4n) is 14.5. The van der Waals surface area contributed by atoms with Crippen LogP contribution in [0.4, 0.5) is 62.6 Å². The lowest BCUT2D eigenvalue weighted by atomic mass is 9.70. The smallest absolute Gasteiger partial charge is 0.0728 e. The van der Waals surface area contributed by atoms with E-state index >= 15 is 0 Å². The summed E-state index contributed by atoms with van der Waals surface area (Å²) in [7, 11) is 0. The topological polar surface area (TPSA) is 13.0 Å². The average molecular weight is 1110 g/mol. The predicted octanol–water partition coefficient (Wildman–Crippen LogP) is 22.2. The lowest BCUT2D eigenvalue weighted by molar-refractivity contribution is 0.681. The van der Waals surface area contributed by atoms with Crippen molar-refractivity contribution in [3.63, 3.8) is 0 Å². The highest BCUT2D eigenvalue weighted by molar-refractivity contribution is 6.00. The fourth-order valence-corrected chi connectivity index (χ4v) is 14.5. The largest absolute Gasteiger partial charge is 0.311 e. The van der Waals surface area contributed by atoms with Gasteiger partial charge in [0.15, 0.2) is 0 Å². The number of benzene rings is 11. The molecule has 0 aliphatic heterocycles. The van der Waals surface area contributed by atoms with Crippen molar-refractivity contribution in [1.29, 1.82) is 0 Å². The molecule has 4 nitrogen and oxygen atoms in total. The van der Waals surface area contributed by atoms with Crippen LogP contribution in [0.1, 0.15) is 74.5 Å². The number of nitrogens with zero attached hydrogens (tertiary/aromatic N) is 4. The summed E-state index contributed by atoms with van der Waals surface area (Å²) in [5.74, 6) is 0.574. The molecule has 2 unspecified atom stereocenters. The second-order valence-corrected chi connectivity index (χ2v) is 25.1. The Morgan fingerprint density at radius 3 is 0.791 bits per heavy atom. The minimum atomic E-state index is -0.837. The monoisotopic (exact) mass is 1110 g/mol. The molecular weight excluding hydrogens is 1040 g/mol. The summed E-state index contributed by atoms with van der Waals surface area (Å²) in [6.07, 6.45) is 8.55. The average Bonchev–Trinajstić information content (AvgIpc) is 1.50. The first-order valence-corrected chi connectivity index (χ1v) is 30.5. The Kier molecular flexibility index (Phi) is 12.6. The van der Waals surface area contributed by atoms with Crippen molar-refractivity contribution in [3.8, 4) is 22.3 Å². The zero-order chi connectivity index (χ0) is 58.6. The van der Waals surface area contributed by atoms with Crippen LogP contribution in [0.3, 0.4) is 0 Å². The molecule has 2 atom stereocenters. The molecule has 4 heteroatoms. The van der Waals surface area contributed by atoms with Gasteiger partial charge in [-0.3, -0.25) is 0 Å². The van der Waals surface area contributed by atoms with E-state index < -0.39 is 5.41 Å². The van der Waals surface area contributed by atoms with E-state index in [2.05, 4.69) is 336 Å². The Morgan fingerprint density at radius 2 is 0.535 bits per heavy atom. The van der Waals surface area contributed by atoms with E-state index in [1.807, 2.05) is 0 Å². The molecule has 0 heterocycles. The molecule has 4 aliphatic rings. The van der Waals surface area contributed by atoms with Gasteiger partial charge in [0, 0.05) is 68.3 Å². The summed E-state index contributed by atoms with van der Waals surface area (Å²) in [6.45, 7) is 17.8. The maximum atomic E-state index is 2.57. The van der Waals surface area contributed by atoms with E-state index in [9.17, 15) is 0 Å². The van der Waals surface area contributed by atoms with Crippen molar-refractivity contribution in [2.75, 3.05) is 19.6 Å². The molecule has 0 bridgehead atoms. The standard InChI is InChI=1S/C82H70N4/c1-53-16-9-23-61(40-53)83(62-24-10-17-54(2)41-62)68-32-36-73-74-37-33-69(84(63-25-11-18-55(3)42-63)64-26-12-19-56(4)43-64)48-78(74)82(77(73)47-68)79-49-70(85(65-27-13-20-57(5)44-65)66-28-14-21-58(6)45-66)34-38-75(79)76-39-35-71(50-80(76)82)86(67-29-15-22-59(7)46-67)72-31-30-60-51-81(60,8)52-72/h9-50,52,60H,51H2,1-8H3. The first-order chi connectivity index (χ1) is 41.8. The van der Waals surface area contributed by atoms with Gasteiger partial charge in [-0.15, -0.1) is 0 Å². The van der Waals surface area contributed by atoms with Crippen LogP contribution in [0.5, 0.6) is 0 Å². The number of fused-ring (bicyclic) bond motifs is 11. The fraction of sp³-hybridized carbons (Fsp3) is 0.146. The molecule has 11 aromatic rings. The van der Waals surface area contributed by atoms with E-state index in [0.29, 0.717) is 5.92 Å². The van der Waals surface area contributed by atoms with Crippen LogP contribution in [-0.4, -0.2) is 0 Å². The van der Waals surface area contributed by atoms with Crippen LogP contribution < -0.4 is 19.6 Å². The number of rotatable bonds is 12. The third-order valence-electron chi connectivity index (χ3n) is 18.6. The van der Waals surface area contributed by atoms with Crippen molar-refractivity contribution in [2.24, 2.45) is 11.3 Å². The Balaban J connectivity index is 1.07. The summed E-state index contributed by atoms with van der Waals surface area (Å²) in [5, 5.41) is 0. The van der Waals surface area contributed by atoms with E-state index in [-0.39, 0.29) is 5.41 Å². The van der Waals surface area contributed by atoms with Crippen molar-refractivity contribution in [2.45, 2.75) is 67.2 Å². The molecule has 1 saturated carbocycles. The maximum absolute atomic E-state index is 2.57. The van der Waals surface area contributed by atoms with Crippen molar-refractivity contribution in [3.05, 3.63) is 328 Å². The molecule has 0 amide bonds. The minimum absolute atomic E-state index is 0.133. The Hall–Kier alpha value is -9.90. The number of hydrogen-bond donors (Lipinski definition) is 0. The van der Waals surface area contributed by atoms with Crippen LogP contribution in [0, 0.1) is 59.8 Å². The first-order valence-electron chi connectivity index (χ1n) is 30.5. The normalized spacial score (nSPS) is 16.1. The molecule has 0 saturated heterocycles. The minimum Gasteiger partial charge on any atom is -0.311 e. The van der Waals surface area contributed by atoms with Gasteiger partial charge in [-0.2, -0.15) is 0 Å². The van der Waals surface area contributed by atoms with Crippen LogP contribution >= 0.6 is 0 Å². The van der Waals surface area contributed by atoms with Gasteiger partial charge in [0.1, 0.15) is 0 Å². The van der Waals surface area contributed by atoms with E-state index in [1.54, 1.807) is 0 Å². The van der Waals surface area contributed by atoms with Gasteiger partial charge in [-0.25, -0.2) is 0 Å². The molecule has 4 aliphatic carbocycles. The third-order valence-corrected chi connectivity index (χ3v) is 18.6. The summed E-state index contributed by atoms with van der Waals surface area (Å²) < 4.78 is 0. The molecule has 0 radical (unpaired) electrons. The first kappa shape index (κ1) is 52.9. The molecule has 1 fully saturated rings. The molecule has 0 aromatic heterocycles. The lowest BCUT2D eigenvalue weighted by Gasteiger charge is -2.35. The van der Waals surface area contributed by atoms with Gasteiger partial charge in [-0.1, -0.05) is 128 Å². The van der Waals surface area contributed by atoms with Gasteiger partial charge in [0.05, 0.1) is 5.41 Å². The van der Waals surface area contributed by atoms with Crippen LogP contribution in [0.25, 0.3) is 22.3 Å². The van der Waals surface area contributed by atoms with Crippen LogP contribution in [0.15, 0.2) is 267 Å². The zero-order valence-corrected chi connectivity index (χ0v) is 50.4. The van der Waals surface area contributed by atoms with Gasteiger partial charge in [-0.05, 0) is 289 Å². The molecule has 11 aromatic carbocycles. The maximum Gasteiger partial charge on any atom is 0.0728 e. The molecule has 15 rings (SSSR count). The van der Waals surface area contributed by atoms with Crippen molar-refractivity contribution >= 4 is 62.6 Å². The highest BCUT2D eigenvalue weighted by Crippen LogP contribution is 2.66. The third kappa shape index (κ3) is 8.89. The second kappa shape index (κ2) is 20.4. The van der Waals surface area contributed by atoms with E-state index in [0.717, 1.165) is 62.6 Å². The number of aryl methyl sites for hydroxylation is 7. The predicted molar refractivity (Wildman–Crippen MR) is 362 cm³/mol. The summed E-state index contributed by atoms with van der Waals surface area (Å²) >= 11 is 0. The Morgan fingerprint density at radius 1 is 0.291 bits per heavy atom. The van der Waals surface area contributed by atoms with Gasteiger partial charge in [0.2, 0.25) is 0 Å². The highest BCUT2D eigenvalue weighted by Gasteiger charge is 2.53. The zero-order valence-electron chi connectivity index (χ0n) is 50.4. The molecular formula is C82H70N4. The quantitative estimate of drug-likeness (QED) is 0.121. The molecule has 1 spiro atoms. The summed E-state index contributed by atoms with van der Waals surface area (Å²) in [5.41, 5.74) is 31.2. The van der Waals surface area contributed by atoms with E-state index in [4.69, 9.17) is 0 Å². The molecule has 86 heavy (non-hydrogen) atoms. The van der Waals surface area contributed by atoms with Gasteiger partial charge in [0.25, 0.3) is 0 Å². The molecule has 0 N–H and O–H groups in total.